The quantitative estimate of drug-likeness (QED) is 0.780. The van der Waals surface area contributed by atoms with Crippen molar-refractivity contribution in [3.63, 3.8) is 0 Å². The SMILES string of the molecule is Cc1cc(C#N)ncc1Nc1cc(C)c2ncn(C)c2c1.[HH]. The number of hydrogen-bond donors (Lipinski definition) is 1. The molecule has 3 rings (SSSR count). The van der Waals surface area contributed by atoms with E-state index in [0.717, 1.165) is 33.5 Å². The maximum Gasteiger partial charge on any atom is 0.140 e. The van der Waals surface area contributed by atoms with Crippen LogP contribution < -0.4 is 5.32 Å². The smallest absolute Gasteiger partial charge is 0.140 e. The molecule has 0 aliphatic carbocycles. The third-order valence-electron chi connectivity index (χ3n) is 3.52. The van der Waals surface area contributed by atoms with Crippen molar-refractivity contribution in [2.24, 2.45) is 7.05 Å². The number of imidazole rings is 1. The van der Waals surface area contributed by atoms with Crippen LogP contribution in [0.25, 0.3) is 11.0 Å². The van der Waals surface area contributed by atoms with Gasteiger partial charge in [-0.3, -0.25) is 0 Å². The zero-order chi connectivity index (χ0) is 15.0. The van der Waals surface area contributed by atoms with E-state index in [1.165, 1.54) is 0 Å². The van der Waals surface area contributed by atoms with Gasteiger partial charge in [0, 0.05) is 14.2 Å². The summed E-state index contributed by atoms with van der Waals surface area (Å²) >= 11 is 0. The van der Waals surface area contributed by atoms with Gasteiger partial charge in [-0.2, -0.15) is 5.26 Å². The lowest BCUT2D eigenvalue weighted by molar-refractivity contribution is 0.948. The fourth-order valence-electron chi connectivity index (χ4n) is 2.38. The minimum absolute atomic E-state index is 0. The number of nitriles is 1. The average molecular weight is 279 g/mol. The normalized spacial score (nSPS) is 10.6. The molecule has 106 valence electrons. The number of nitrogens with one attached hydrogen (secondary N) is 1. The molecule has 0 fully saturated rings. The second kappa shape index (κ2) is 4.91. The highest BCUT2D eigenvalue weighted by molar-refractivity contribution is 5.84. The molecule has 0 radical (unpaired) electrons. The number of benzene rings is 1. The van der Waals surface area contributed by atoms with E-state index < -0.39 is 0 Å². The summed E-state index contributed by atoms with van der Waals surface area (Å²) in [5.74, 6) is 0. The summed E-state index contributed by atoms with van der Waals surface area (Å²) in [6.07, 6.45) is 3.51. The monoisotopic (exact) mass is 279 g/mol. The molecular weight excluding hydrogens is 262 g/mol. The molecule has 5 heteroatoms. The first-order valence-electron chi connectivity index (χ1n) is 6.64. The Balaban J connectivity index is 0.00000176. The number of nitrogens with zero attached hydrogens (tertiary/aromatic N) is 4. The Hall–Kier alpha value is -2.87. The molecule has 0 spiro atoms. The first kappa shape index (κ1) is 13.1. The number of rotatable bonds is 2. The zero-order valence-electron chi connectivity index (χ0n) is 12.2. The molecule has 0 aliphatic heterocycles. The lowest BCUT2D eigenvalue weighted by Gasteiger charge is -2.11. The average Bonchev–Trinajstić information content (AvgIpc) is 2.83. The van der Waals surface area contributed by atoms with E-state index in [1.807, 2.05) is 37.9 Å². The third-order valence-corrected chi connectivity index (χ3v) is 3.52. The van der Waals surface area contributed by atoms with Gasteiger partial charge in [0.25, 0.3) is 0 Å². The fraction of sp³-hybridized carbons (Fsp3) is 0.188. The Labute approximate surface area is 124 Å². The Morgan fingerprint density at radius 3 is 2.71 bits per heavy atom. The summed E-state index contributed by atoms with van der Waals surface area (Å²) in [6, 6.07) is 7.95. The van der Waals surface area contributed by atoms with Crippen LogP contribution in [-0.2, 0) is 7.05 Å². The third kappa shape index (κ3) is 2.32. The van der Waals surface area contributed by atoms with Gasteiger partial charge in [-0.15, -0.1) is 0 Å². The Morgan fingerprint density at radius 2 is 2.00 bits per heavy atom. The summed E-state index contributed by atoms with van der Waals surface area (Å²) in [4.78, 5) is 8.50. The van der Waals surface area contributed by atoms with E-state index in [2.05, 4.69) is 27.4 Å². The molecule has 2 aromatic heterocycles. The summed E-state index contributed by atoms with van der Waals surface area (Å²) in [6.45, 7) is 4.00. The van der Waals surface area contributed by atoms with E-state index in [0.29, 0.717) is 5.69 Å². The van der Waals surface area contributed by atoms with Crippen molar-refractivity contribution < 1.29 is 1.43 Å². The van der Waals surface area contributed by atoms with Crippen LogP contribution in [0, 0.1) is 25.2 Å². The van der Waals surface area contributed by atoms with Gasteiger partial charge in [0.05, 0.1) is 29.2 Å². The van der Waals surface area contributed by atoms with Crippen molar-refractivity contribution in [1.82, 2.24) is 14.5 Å². The zero-order valence-corrected chi connectivity index (χ0v) is 12.2. The van der Waals surface area contributed by atoms with Crippen LogP contribution in [0.15, 0.2) is 30.7 Å². The van der Waals surface area contributed by atoms with Crippen molar-refractivity contribution in [2.45, 2.75) is 13.8 Å². The minimum atomic E-state index is 0. The molecule has 1 N–H and O–H groups in total. The van der Waals surface area contributed by atoms with E-state index in [9.17, 15) is 0 Å². The first-order valence-corrected chi connectivity index (χ1v) is 6.64. The summed E-state index contributed by atoms with van der Waals surface area (Å²) in [5, 5.41) is 12.2. The molecule has 0 saturated heterocycles. The maximum absolute atomic E-state index is 8.86. The van der Waals surface area contributed by atoms with Crippen molar-refractivity contribution in [3.05, 3.63) is 47.5 Å². The molecule has 1 aromatic carbocycles. The van der Waals surface area contributed by atoms with E-state index in [1.54, 1.807) is 12.3 Å². The molecule has 2 heterocycles. The van der Waals surface area contributed by atoms with Crippen molar-refractivity contribution in [2.75, 3.05) is 5.32 Å². The standard InChI is InChI=1S/C16H15N5.H2/c1-10-4-13(7-17)18-8-14(10)20-12-5-11(2)16-15(6-12)21(3)9-19-16;/h4-6,8-9,20H,1-3H3;1H. The predicted octanol–water partition coefficient (Wildman–Crippen LogP) is 3.45. The second-order valence-corrected chi connectivity index (χ2v) is 5.14. The van der Waals surface area contributed by atoms with E-state index >= 15 is 0 Å². The number of anilines is 2. The maximum atomic E-state index is 8.86. The van der Waals surface area contributed by atoms with Gasteiger partial charge in [-0.1, -0.05) is 0 Å². The number of fused-ring (bicyclic) bond motifs is 1. The molecule has 0 unspecified atom stereocenters. The second-order valence-electron chi connectivity index (χ2n) is 5.14. The van der Waals surface area contributed by atoms with Crippen LogP contribution in [-0.4, -0.2) is 14.5 Å². The van der Waals surface area contributed by atoms with Gasteiger partial charge >= 0.3 is 0 Å². The highest BCUT2D eigenvalue weighted by atomic mass is 15.0. The lowest BCUT2D eigenvalue weighted by Crippen LogP contribution is -1.97. The van der Waals surface area contributed by atoms with Crippen molar-refractivity contribution in [3.8, 4) is 6.07 Å². The van der Waals surface area contributed by atoms with Crippen LogP contribution in [0.5, 0.6) is 0 Å². The van der Waals surface area contributed by atoms with Gasteiger partial charge < -0.3 is 9.88 Å². The number of pyridine rings is 1. The summed E-state index contributed by atoms with van der Waals surface area (Å²) in [7, 11) is 1.98. The Morgan fingerprint density at radius 1 is 1.19 bits per heavy atom. The fourth-order valence-corrected chi connectivity index (χ4v) is 2.38. The van der Waals surface area contributed by atoms with Gasteiger partial charge in [-0.05, 0) is 43.2 Å². The van der Waals surface area contributed by atoms with Crippen LogP contribution in [0.4, 0.5) is 11.4 Å². The van der Waals surface area contributed by atoms with E-state index in [-0.39, 0.29) is 1.43 Å². The number of hydrogen-bond acceptors (Lipinski definition) is 4. The van der Waals surface area contributed by atoms with Crippen molar-refractivity contribution in [1.29, 1.82) is 5.26 Å². The Bertz CT molecular complexity index is 876. The topological polar surface area (TPSA) is 66.5 Å². The minimum Gasteiger partial charge on any atom is -0.354 e. The molecular formula is C16H17N5. The molecule has 0 aliphatic rings. The highest BCUT2D eigenvalue weighted by Crippen LogP contribution is 2.26. The molecule has 0 atom stereocenters. The predicted molar refractivity (Wildman–Crippen MR) is 84.5 cm³/mol. The molecule has 0 saturated carbocycles. The van der Waals surface area contributed by atoms with Crippen LogP contribution in [0.1, 0.15) is 18.2 Å². The Kier molecular flexibility index (Phi) is 3.07. The summed E-state index contributed by atoms with van der Waals surface area (Å²) in [5.41, 5.74) is 6.51. The highest BCUT2D eigenvalue weighted by Gasteiger charge is 2.07. The molecule has 0 bridgehead atoms. The van der Waals surface area contributed by atoms with Crippen LogP contribution in [0.2, 0.25) is 0 Å². The molecule has 0 amide bonds. The summed E-state index contributed by atoms with van der Waals surface area (Å²) < 4.78 is 2.00. The van der Waals surface area contributed by atoms with Gasteiger partial charge in [0.1, 0.15) is 11.8 Å². The van der Waals surface area contributed by atoms with Crippen molar-refractivity contribution >= 4 is 22.4 Å². The van der Waals surface area contributed by atoms with Gasteiger partial charge in [0.2, 0.25) is 0 Å². The lowest BCUT2D eigenvalue weighted by atomic mass is 10.1. The number of aryl methyl sites for hydroxylation is 3. The largest absolute Gasteiger partial charge is 0.354 e. The van der Waals surface area contributed by atoms with E-state index in [4.69, 9.17) is 5.26 Å². The van der Waals surface area contributed by atoms with Gasteiger partial charge in [-0.25, -0.2) is 9.97 Å². The van der Waals surface area contributed by atoms with Crippen LogP contribution in [0.3, 0.4) is 0 Å². The first-order chi connectivity index (χ1) is 10.1. The number of aromatic nitrogens is 3. The molecule has 5 nitrogen and oxygen atoms in total. The molecule has 21 heavy (non-hydrogen) atoms. The molecule has 3 aromatic rings. The van der Waals surface area contributed by atoms with Crippen LogP contribution >= 0.6 is 0 Å². The van der Waals surface area contributed by atoms with Gasteiger partial charge in [0.15, 0.2) is 0 Å².